The van der Waals surface area contributed by atoms with E-state index in [9.17, 15) is 4.79 Å². The maximum atomic E-state index is 11.6. The summed E-state index contributed by atoms with van der Waals surface area (Å²) in [5.41, 5.74) is 5.89. The molecular formula is C10H14BrClN2OS. The van der Waals surface area contributed by atoms with Crippen molar-refractivity contribution in [1.29, 1.82) is 0 Å². The predicted molar refractivity (Wildman–Crippen MR) is 72.3 cm³/mol. The summed E-state index contributed by atoms with van der Waals surface area (Å²) in [5.74, 6) is 0.599. The molecule has 3 N–H and O–H groups in total. The highest BCUT2D eigenvalue weighted by molar-refractivity contribution is 9.11. The number of carbonyl (C=O) groups excluding carboxylic acids is 1. The van der Waals surface area contributed by atoms with Gasteiger partial charge in [-0.3, -0.25) is 4.79 Å². The number of nitrogens with two attached hydrogens (primary N) is 1. The van der Waals surface area contributed by atoms with Crippen LogP contribution >= 0.6 is 39.7 Å². The van der Waals surface area contributed by atoms with Crippen LogP contribution in [-0.4, -0.2) is 18.5 Å². The molecular weight excluding hydrogens is 312 g/mol. The van der Waals surface area contributed by atoms with Gasteiger partial charge in [0, 0.05) is 12.6 Å². The van der Waals surface area contributed by atoms with Crippen LogP contribution < -0.4 is 11.1 Å². The molecule has 16 heavy (non-hydrogen) atoms. The summed E-state index contributed by atoms with van der Waals surface area (Å²) < 4.78 is 0.971. The lowest BCUT2D eigenvalue weighted by Gasteiger charge is -2.10. The third kappa shape index (κ3) is 3.73. The number of hydrogen-bond donors (Lipinski definition) is 2. The maximum absolute atomic E-state index is 11.6. The lowest BCUT2D eigenvalue weighted by Crippen LogP contribution is -2.38. The standard InChI is InChI=1S/C10H13BrN2OS.ClH/c11-9-4-3-8(15-9)10(14)13-5-7(12)6-1-2-6;/h3-4,6-7H,1-2,5,12H2,(H,13,14);1H. The zero-order valence-corrected chi connectivity index (χ0v) is 11.8. The van der Waals surface area contributed by atoms with E-state index >= 15 is 0 Å². The first-order valence-corrected chi connectivity index (χ1v) is 6.57. The Labute approximate surface area is 113 Å². The Morgan fingerprint density at radius 1 is 1.62 bits per heavy atom. The van der Waals surface area contributed by atoms with E-state index in [1.54, 1.807) is 0 Å². The highest BCUT2D eigenvalue weighted by Gasteiger charge is 2.28. The van der Waals surface area contributed by atoms with Crippen molar-refractivity contribution in [2.75, 3.05) is 6.54 Å². The van der Waals surface area contributed by atoms with E-state index in [0.29, 0.717) is 12.5 Å². The average Bonchev–Trinajstić information content (AvgIpc) is 2.97. The smallest absolute Gasteiger partial charge is 0.261 e. The Kier molecular flexibility index (Phi) is 5.24. The normalized spacial score (nSPS) is 16.4. The summed E-state index contributed by atoms with van der Waals surface area (Å²) in [6, 6.07) is 3.81. The highest BCUT2D eigenvalue weighted by atomic mass is 79.9. The molecule has 0 saturated heterocycles. The predicted octanol–water partition coefficient (Wildman–Crippen LogP) is 2.40. The first-order valence-electron chi connectivity index (χ1n) is 4.96. The van der Waals surface area contributed by atoms with Gasteiger partial charge in [0.25, 0.3) is 5.91 Å². The first-order chi connectivity index (χ1) is 7.16. The Hall–Kier alpha value is -0.100. The van der Waals surface area contributed by atoms with E-state index in [4.69, 9.17) is 5.73 Å². The number of carbonyl (C=O) groups is 1. The molecule has 0 spiro atoms. The molecule has 1 aromatic heterocycles. The van der Waals surface area contributed by atoms with E-state index in [-0.39, 0.29) is 24.4 Å². The minimum absolute atomic E-state index is 0. The average molecular weight is 326 g/mol. The summed E-state index contributed by atoms with van der Waals surface area (Å²) >= 11 is 4.76. The molecule has 1 atom stereocenters. The third-order valence-electron chi connectivity index (χ3n) is 2.52. The van der Waals surface area contributed by atoms with Gasteiger partial charge in [-0.25, -0.2) is 0 Å². The van der Waals surface area contributed by atoms with Crippen molar-refractivity contribution in [2.24, 2.45) is 11.7 Å². The maximum Gasteiger partial charge on any atom is 0.261 e. The Morgan fingerprint density at radius 2 is 2.31 bits per heavy atom. The molecule has 0 radical (unpaired) electrons. The van der Waals surface area contributed by atoms with Crippen LogP contribution in [-0.2, 0) is 0 Å². The molecule has 1 aliphatic carbocycles. The van der Waals surface area contributed by atoms with Crippen molar-refractivity contribution in [3.8, 4) is 0 Å². The van der Waals surface area contributed by atoms with Crippen molar-refractivity contribution in [2.45, 2.75) is 18.9 Å². The zero-order valence-electron chi connectivity index (χ0n) is 8.61. The summed E-state index contributed by atoms with van der Waals surface area (Å²) in [7, 11) is 0. The minimum atomic E-state index is -0.0261. The quantitative estimate of drug-likeness (QED) is 0.893. The second-order valence-corrected chi connectivity index (χ2v) is 6.28. The minimum Gasteiger partial charge on any atom is -0.350 e. The van der Waals surface area contributed by atoms with Gasteiger partial charge >= 0.3 is 0 Å². The van der Waals surface area contributed by atoms with E-state index in [2.05, 4.69) is 21.2 Å². The fourth-order valence-electron chi connectivity index (χ4n) is 1.43. The van der Waals surface area contributed by atoms with E-state index in [1.165, 1.54) is 24.2 Å². The van der Waals surface area contributed by atoms with Crippen LogP contribution in [0.5, 0.6) is 0 Å². The van der Waals surface area contributed by atoms with Crippen LogP contribution in [0.2, 0.25) is 0 Å². The molecule has 0 aromatic carbocycles. The molecule has 1 fully saturated rings. The van der Waals surface area contributed by atoms with Crippen LogP contribution in [0, 0.1) is 5.92 Å². The van der Waals surface area contributed by atoms with Gasteiger partial charge < -0.3 is 11.1 Å². The topological polar surface area (TPSA) is 55.1 Å². The van der Waals surface area contributed by atoms with Gasteiger partial charge in [0.05, 0.1) is 8.66 Å². The fourth-order valence-corrected chi connectivity index (χ4v) is 2.73. The Morgan fingerprint density at radius 3 is 2.81 bits per heavy atom. The second-order valence-electron chi connectivity index (χ2n) is 3.82. The lowest BCUT2D eigenvalue weighted by molar-refractivity contribution is 0.0954. The summed E-state index contributed by atoms with van der Waals surface area (Å²) in [6.45, 7) is 0.582. The number of halogens is 2. The molecule has 6 heteroatoms. The Balaban J connectivity index is 0.00000128. The molecule has 0 bridgehead atoms. The second kappa shape index (κ2) is 6.00. The molecule has 90 valence electrons. The molecule has 0 aliphatic heterocycles. The van der Waals surface area contributed by atoms with Crippen molar-refractivity contribution in [3.05, 3.63) is 20.8 Å². The Bertz CT molecular complexity index is 367. The van der Waals surface area contributed by atoms with E-state index < -0.39 is 0 Å². The van der Waals surface area contributed by atoms with Crippen LogP contribution in [0.3, 0.4) is 0 Å². The highest BCUT2D eigenvalue weighted by Crippen LogP contribution is 2.31. The van der Waals surface area contributed by atoms with Gasteiger partial charge in [-0.1, -0.05) is 0 Å². The SMILES string of the molecule is Cl.NC(CNC(=O)c1ccc(Br)s1)C1CC1. The van der Waals surface area contributed by atoms with Crippen LogP contribution in [0.4, 0.5) is 0 Å². The van der Waals surface area contributed by atoms with Crippen molar-refractivity contribution >= 4 is 45.6 Å². The number of amides is 1. The molecule has 3 nitrogen and oxygen atoms in total. The van der Waals surface area contributed by atoms with Crippen LogP contribution in [0.15, 0.2) is 15.9 Å². The summed E-state index contributed by atoms with van der Waals surface area (Å²) in [5, 5.41) is 2.86. The number of hydrogen-bond acceptors (Lipinski definition) is 3. The molecule has 1 amide bonds. The van der Waals surface area contributed by atoms with Crippen molar-refractivity contribution in [1.82, 2.24) is 5.32 Å². The van der Waals surface area contributed by atoms with Gasteiger partial charge in [0.1, 0.15) is 0 Å². The zero-order chi connectivity index (χ0) is 10.8. The third-order valence-corrected chi connectivity index (χ3v) is 4.15. The molecule has 1 aliphatic rings. The lowest BCUT2D eigenvalue weighted by atomic mass is 10.2. The van der Waals surface area contributed by atoms with Gasteiger partial charge in [-0.05, 0) is 46.8 Å². The van der Waals surface area contributed by atoms with Crippen molar-refractivity contribution < 1.29 is 4.79 Å². The number of rotatable bonds is 4. The molecule has 1 unspecified atom stereocenters. The van der Waals surface area contributed by atoms with Crippen LogP contribution in [0.1, 0.15) is 22.5 Å². The summed E-state index contributed by atoms with van der Waals surface area (Å²) in [4.78, 5) is 12.4. The first kappa shape index (κ1) is 14.0. The largest absolute Gasteiger partial charge is 0.350 e. The van der Waals surface area contributed by atoms with Crippen molar-refractivity contribution in [3.63, 3.8) is 0 Å². The monoisotopic (exact) mass is 324 g/mol. The molecule has 2 rings (SSSR count). The molecule has 1 saturated carbocycles. The molecule has 1 heterocycles. The number of nitrogens with one attached hydrogen (secondary N) is 1. The molecule has 1 aromatic rings. The van der Waals surface area contributed by atoms with Crippen LogP contribution in [0.25, 0.3) is 0 Å². The van der Waals surface area contributed by atoms with Gasteiger partial charge in [-0.15, -0.1) is 23.7 Å². The van der Waals surface area contributed by atoms with E-state index in [1.807, 2.05) is 12.1 Å². The van der Waals surface area contributed by atoms with Gasteiger partial charge in [-0.2, -0.15) is 0 Å². The number of thiophene rings is 1. The van der Waals surface area contributed by atoms with E-state index in [0.717, 1.165) is 8.66 Å². The van der Waals surface area contributed by atoms with Gasteiger partial charge in [0.15, 0.2) is 0 Å². The van der Waals surface area contributed by atoms with Gasteiger partial charge in [0.2, 0.25) is 0 Å². The summed E-state index contributed by atoms with van der Waals surface area (Å²) in [6.07, 6.45) is 2.42. The fraction of sp³-hybridized carbons (Fsp3) is 0.500.